The van der Waals surface area contributed by atoms with Crippen molar-refractivity contribution in [2.75, 3.05) is 19.8 Å². The van der Waals surface area contributed by atoms with Crippen LogP contribution in [0.25, 0.3) is 0 Å². The zero-order chi connectivity index (χ0) is 24.2. The molecule has 3 N–H and O–H groups in total. The predicted molar refractivity (Wildman–Crippen MR) is 123 cm³/mol. The van der Waals surface area contributed by atoms with Gasteiger partial charge in [0.2, 0.25) is 0 Å². The van der Waals surface area contributed by atoms with Crippen molar-refractivity contribution in [3.05, 3.63) is 64.2 Å². The van der Waals surface area contributed by atoms with Crippen molar-refractivity contribution in [3.8, 4) is 5.75 Å². The molecule has 0 aromatic heterocycles. The first-order valence-corrected chi connectivity index (χ1v) is 11.6. The van der Waals surface area contributed by atoms with E-state index >= 15 is 0 Å². The second-order valence-electron chi connectivity index (χ2n) is 8.61. The molecule has 0 aliphatic carbocycles. The Hall–Kier alpha value is -2.20. The van der Waals surface area contributed by atoms with Gasteiger partial charge in [0.05, 0.1) is 19.8 Å². The number of aliphatic hydroxyl groups excluding tert-OH is 3. The van der Waals surface area contributed by atoms with Gasteiger partial charge in [0.15, 0.2) is 6.10 Å². The molecule has 2 fully saturated rings. The summed E-state index contributed by atoms with van der Waals surface area (Å²) in [5.74, 6) is 0.141. The maximum Gasteiger partial charge on any atom is 0.303 e. The molecule has 0 saturated carbocycles. The lowest BCUT2D eigenvalue weighted by atomic mass is 9.90. The number of hydrogen-bond donors (Lipinski definition) is 3. The Labute approximate surface area is 203 Å². The van der Waals surface area contributed by atoms with Gasteiger partial charge in [-0.05, 0) is 41.3 Å². The van der Waals surface area contributed by atoms with E-state index in [1.165, 1.54) is 6.92 Å². The van der Waals surface area contributed by atoms with Gasteiger partial charge < -0.3 is 34.3 Å². The summed E-state index contributed by atoms with van der Waals surface area (Å²) >= 11 is 6.44. The van der Waals surface area contributed by atoms with Gasteiger partial charge in [-0.2, -0.15) is 0 Å². The molecule has 2 saturated heterocycles. The minimum Gasteiger partial charge on any atom is -0.488 e. The minimum atomic E-state index is -1.42. The number of carbonyl (C=O) groups excluding carboxylic acids is 1. The highest BCUT2D eigenvalue weighted by molar-refractivity contribution is 6.31. The van der Waals surface area contributed by atoms with Crippen molar-refractivity contribution < 1.29 is 39.1 Å². The highest BCUT2D eigenvalue weighted by atomic mass is 35.5. The zero-order valence-corrected chi connectivity index (χ0v) is 19.6. The van der Waals surface area contributed by atoms with Crippen molar-refractivity contribution in [2.24, 2.45) is 0 Å². The first kappa shape index (κ1) is 24.9. The molecular weight excluding hydrogens is 464 g/mol. The van der Waals surface area contributed by atoms with E-state index in [2.05, 4.69) is 0 Å². The van der Waals surface area contributed by atoms with Crippen LogP contribution in [0.5, 0.6) is 5.75 Å². The van der Waals surface area contributed by atoms with Crippen LogP contribution in [0.15, 0.2) is 42.5 Å². The minimum absolute atomic E-state index is 0.0810. The number of carbonyl (C=O) groups is 1. The molecule has 2 aromatic carbocycles. The van der Waals surface area contributed by atoms with Crippen molar-refractivity contribution in [1.29, 1.82) is 0 Å². The molecule has 184 valence electrons. The highest BCUT2D eigenvalue weighted by Crippen LogP contribution is 2.35. The van der Waals surface area contributed by atoms with Gasteiger partial charge in [-0.3, -0.25) is 4.79 Å². The van der Waals surface area contributed by atoms with Gasteiger partial charge in [0, 0.05) is 18.4 Å². The largest absolute Gasteiger partial charge is 0.488 e. The maximum atomic E-state index is 11.4. The monoisotopic (exact) mass is 492 g/mol. The average molecular weight is 493 g/mol. The smallest absolute Gasteiger partial charge is 0.303 e. The van der Waals surface area contributed by atoms with Crippen LogP contribution in [-0.2, 0) is 25.4 Å². The fraction of sp³-hybridized carbons (Fsp3) is 0.480. The Bertz CT molecular complexity index is 973. The summed E-state index contributed by atoms with van der Waals surface area (Å²) in [4.78, 5) is 11.4. The molecule has 0 amide bonds. The van der Waals surface area contributed by atoms with Crippen LogP contribution in [0.4, 0.5) is 0 Å². The molecule has 6 atom stereocenters. The summed E-state index contributed by atoms with van der Waals surface area (Å²) in [6.07, 6.45) is -4.37. The fourth-order valence-electron chi connectivity index (χ4n) is 4.31. The molecule has 0 bridgehead atoms. The van der Waals surface area contributed by atoms with Crippen LogP contribution in [-0.4, -0.2) is 71.6 Å². The van der Waals surface area contributed by atoms with Gasteiger partial charge in [0.25, 0.3) is 0 Å². The first-order valence-electron chi connectivity index (χ1n) is 11.3. The van der Waals surface area contributed by atoms with Crippen LogP contribution in [0.3, 0.4) is 0 Å². The predicted octanol–water partition coefficient (Wildman–Crippen LogP) is 2.18. The normalized spacial score (nSPS) is 29.1. The van der Waals surface area contributed by atoms with Crippen LogP contribution >= 0.6 is 11.6 Å². The van der Waals surface area contributed by atoms with Gasteiger partial charge in [-0.25, -0.2) is 0 Å². The summed E-state index contributed by atoms with van der Waals surface area (Å²) in [6.45, 7) is 2.02. The van der Waals surface area contributed by atoms with Crippen LogP contribution in [0.1, 0.15) is 36.1 Å². The van der Waals surface area contributed by atoms with Crippen molar-refractivity contribution in [1.82, 2.24) is 0 Å². The lowest BCUT2D eigenvalue weighted by molar-refractivity contribution is -0.240. The number of rotatable bonds is 7. The number of benzene rings is 2. The van der Waals surface area contributed by atoms with E-state index in [0.29, 0.717) is 23.6 Å². The van der Waals surface area contributed by atoms with Gasteiger partial charge in [-0.15, -0.1) is 0 Å². The Morgan fingerprint density at radius 2 is 1.91 bits per heavy atom. The number of aliphatic hydroxyl groups is 3. The Morgan fingerprint density at radius 3 is 2.56 bits per heavy atom. The number of ether oxygens (including phenoxy) is 4. The topological polar surface area (TPSA) is 115 Å². The molecule has 2 heterocycles. The molecule has 0 radical (unpaired) electrons. The summed E-state index contributed by atoms with van der Waals surface area (Å²) < 4.78 is 22.1. The number of halogens is 1. The lowest BCUT2D eigenvalue weighted by Crippen LogP contribution is -2.56. The van der Waals surface area contributed by atoms with Crippen molar-refractivity contribution in [2.45, 2.75) is 56.4 Å². The Balaban J connectivity index is 1.48. The fourth-order valence-corrected chi connectivity index (χ4v) is 4.50. The van der Waals surface area contributed by atoms with E-state index in [1.807, 2.05) is 30.3 Å². The molecule has 2 aliphatic rings. The third-order valence-corrected chi connectivity index (χ3v) is 6.44. The number of esters is 1. The third kappa shape index (κ3) is 5.71. The molecule has 34 heavy (non-hydrogen) atoms. The molecule has 2 aliphatic heterocycles. The third-order valence-electron chi connectivity index (χ3n) is 6.07. The highest BCUT2D eigenvalue weighted by Gasteiger charge is 2.46. The molecule has 8 nitrogen and oxygen atoms in total. The second-order valence-corrected chi connectivity index (χ2v) is 9.02. The van der Waals surface area contributed by atoms with Crippen LogP contribution in [0.2, 0.25) is 5.02 Å². The molecule has 9 heteroatoms. The zero-order valence-electron chi connectivity index (χ0n) is 18.8. The SMILES string of the molecule is CC(=O)O[C@H]1[C@H](O)[C@@H](O)[C@H](c2ccc(Cl)c(Cc3ccc(O[C@H]4CCOC4)cc3)c2)O[C@@H]1CO. The van der Waals surface area contributed by atoms with Gasteiger partial charge in [-0.1, -0.05) is 35.9 Å². The van der Waals surface area contributed by atoms with Gasteiger partial charge >= 0.3 is 5.97 Å². The lowest BCUT2D eigenvalue weighted by Gasteiger charge is -2.41. The summed E-state index contributed by atoms with van der Waals surface area (Å²) in [5.41, 5.74) is 2.42. The number of hydrogen-bond acceptors (Lipinski definition) is 8. The standard InChI is InChI=1S/C25H29ClO8/c1-14(28)32-25-21(12-27)34-24(22(29)23(25)30)16-4-7-20(26)17(11-16)10-15-2-5-18(6-3-15)33-19-8-9-31-13-19/h2-7,11,19,21-25,27,29-30H,8-10,12-13H2,1H3/t19-,21+,22+,23+,24-,25+/m0/s1. The Morgan fingerprint density at radius 1 is 1.15 bits per heavy atom. The molecular formula is C25H29ClO8. The van der Waals surface area contributed by atoms with Crippen LogP contribution < -0.4 is 4.74 Å². The van der Waals surface area contributed by atoms with E-state index in [0.717, 1.165) is 29.9 Å². The van der Waals surface area contributed by atoms with Crippen molar-refractivity contribution in [3.63, 3.8) is 0 Å². The van der Waals surface area contributed by atoms with Crippen molar-refractivity contribution >= 4 is 17.6 Å². The summed E-state index contributed by atoms with van der Waals surface area (Å²) in [7, 11) is 0. The second kappa shape index (κ2) is 11.0. The van der Waals surface area contributed by atoms with E-state index in [1.54, 1.807) is 12.1 Å². The summed E-state index contributed by atoms with van der Waals surface area (Å²) in [5, 5.41) is 31.5. The van der Waals surface area contributed by atoms with Gasteiger partial charge in [0.1, 0.15) is 36.3 Å². The van der Waals surface area contributed by atoms with Crippen LogP contribution in [0, 0.1) is 0 Å². The molecule has 2 aromatic rings. The first-order chi connectivity index (χ1) is 16.4. The van der Waals surface area contributed by atoms with E-state index in [4.69, 9.17) is 30.5 Å². The Kier molecular flexibility index (Phi) is 8.08. The quantitative estimate of drug-likeness (QED) is 0.504. The summed E-state index contributed by atoms with van der Waals surface area (Å²) in [6, 6.07) is 13.0. The maximum absolute atomic E-state index is 11.4. The van der Waals surface area contributed by atoms with E-state index in [9.17, 15) is 20.1 Å². The van der Waals surface area contributed by atoms with E-state index < -0.39 is 43.1 Å². The molecule has 0 spiro atoms. The molecule has 0 unspecified atom stereocenters. The molecule has 4 rings (SSSR count). The average Bonchev–Trinajstić information content (AvgIpc) is 3.33. The van der Waals surface area contributed by atoms with E-state index in [-0.39, 0.29) is 6.10 Å².